The molecule has 3 nitrogen and oxygen atoms in total. The highest BCUT2D eigenvalue weighted by Crippen LogP contribution is 2.24. The average molecular weight is 231 g/mol. The van der Waals surface area contributed by atoms with E-state index in [1.807, 2.05) is 6.20 Å². The van der Waals surface area contributed by atoms with Gasteiger partial charge < -0.3 is 4.90 Å². The van der Waals surface area contributed by atoms with Gasteiger partial charge in [-0.1, -0.05) is 13.0 Å². The molecule has 0 bridgehead atoms. The van der Waals surface area contributed by atoms with Crippen LogP contribution in [0, 0.1) is 0 Å². The van der Waals surface area contributed by atoms with E-state index in [1.54, 1.807) is 0 Å². The summed E-state index contributed by atoms with van der Waals surface area (Å²) in [6.07, 6.45) is 5.84. The average Bonchev–Trinajstić information content (AvgIpc) is 2.86. The van der Waals surface area contributed by atoms with Crippen molar-refractivity contribution in [1.82, 2.24) is 9.88 Å². The van der Waals surface area contributed by atoms with Gasteiger partial charge in [0.25, 0.3) is 0 Å². The summed E-state index contributed by atoms with van der Waals surface area (Å²) in [4.78, 5) is 9.68. The zero-order chi connectivity index (χ0) is 11.7. The number of rotatable bonds is 2. The lowest BCUT2D eigenvalue weighted by Gasteiger charge is -2.38. The van der Waals surface area contributed by atoms with Gasteiger partial charge in [-0.3, -0.25) is 4.90 Å². The van der Waals surface area contributed by atoms with Crippen molar-refractivity contribution >= 4 is 5.82 Å². The molecule has 17 heavy (non-hydrogen) atoms. The van der Waals surface area contributed by atoms with Crippen molar-refractivity contribution in [3.8, 4) is 0 Å². The van der Waals surface area contributed by atoms with Crippen molar-refractivity contribution in [2.45, 2.75) is 32.2 Å². The number of hydrogen-bond acceptors (Lipinski definition) is 3. The third kappa shape index (κ3) is 2.16. The molecule has 3 heterocycles. The lowest BCUT2D eigenvalue weighted by atomic mass is 10.1. The van der Waals surface area contributed by atoms with E-state index in [0.29, 0.717) is 0 Å². The Morgan fingerprint density at radius 3 is 3.00 bits per heavy atom. The van der Waals surface area contributed by atoms with Gasteiger partial charge in [0.2, 0.25) is 0 Å². The van der Waals surface area contributed by atoms with Gasteiger partial charge in [0.1, 0.15) is 5.82 Å². The molecule has 92 valence electrons. The minimum Gasteiger partial charge on any atom is -0.354 e. The third-order valence-corrected chi connectivity index (χ3v) is 4.13. The van der Waals surface area contributed by atoms with Crippen LogP contribution in [0.5, 0.6) is 0 Å². The second kappa shape index (κ2) is 4.65. The summed E-state index contributed by atoms with van der Waals surface area (Å²) in [6.45, 7) is 6.99. The molecule has 1 atom stereocenters. The van der Waals surface area contributed by atoms with E-state index < -0.39 is 0 Å². The number of nitrogens with zero attached hydrogens (tertiary/aromatic N) is 3. The van der Waals surface area contributed by atoms with Crippen LogP contribution in [0.2, 0.25) is 0 Å². The summed E-state index contributed by atoms with van der Waals surface area (Å²) in [7, 11) is 0. The van der Waals surface area contributed by atoms with E-state index >= 15 is 0 Å². The van der Waals surface area contributed by atoms with Crippen molar-refractivity contribution in [2.24, 2.45) is 0 Å². The quantitative estimate of drug-likeness (QED) is 0.775. The molecule has 0 saturated carbocycles. The fraction of sp³-hybridized carbons (Fsp3) is 0.643. The molecule has 3 rings (SSSR count). The highest BCUT2D eigenvalue weighted by molar-refractivity contribution is 5.40. The highest BCUT2D eigenvalue weighted by atomic mass is 15.3. The minimum absolute atomic E-state index is 0.774. The number of aromatic nitrogens is 1. The fourth-order valence-electron chi connectivity index (χ4n) is 3.01. The molecule has 1 aromatic rings. The first-order valence-corrected chi connectivity index (χ1v) is 6.81. The molecule has 2 fully saturated rings. The largest absolute Gasteiger partial charge is 0.354 e. The Hall–Kier alpha value is -1.09. The smallest absolute Gasteiger partial charge is 0.128 e. The molecule has 0 amide bonds. The van der Waals surface area contributed by atoms with Gasteiger partial charge >= 0.3 is 0 Å². The summed E-state index contributed by atoms with van der Waals surface area (Å²) in [5.74, 6) is 1.16. The molecule has 3 heteroatoms. The Bertz CT molecular complexity index is 374. The van der Waals surface area contributed by atoms with E-state index in [0.717, 1.165) is 24.8 Å². The maximum atomic E-state index is 4.59. The molecule has 2 aliphatic rings. The van der Waals surface area contributed by atoms with E-state index in [-0.39, 0.29) is 0 Å². The van der Waals surface area contributed by atoms with Gasteiger partial charge in [-0.2, -0.15) is 0 Å². The maximum absolute atomic E-state index is 4.59. The first-order valence-electron chi connectivity index (χ1n) is 6.81. The van der Waals surface area contributed by atoms with Crippen molar-refractivity contribution in [1.29, 1.82) is 0 Å². The van der Waals surface area contributed by atoms with E-state index in [4.69, 9.17) is 0 Å². The van der Waals surface area contributed by atoms with Crippen molar-refractivity contribution < 1.29 is 0 Å². The van der Waals surface area contributed by atoms with Crippen molar-refractivity contribution in [3.63, 3.8) is 0 Å². The summed E-state index contributed by atoms with van der Waals surface area (Å²) in [5.41, 5.74) is 1.33. The molecule has 0 radical (unpaired) electrons. The standard InChI is InChI=1S/C14H21N3/c1-2-12-5-6-14(15-10-12)17-9-8-16-7-3-4-13(16)11-17/h5-6,10,13H,2-4,7-9,11H2,1H3. The molecule has 0 spiro atoms. The predicted octanol–water partition coefficient (Wildman–Crippen LogP) is 1.93. The topological polar surface area (TPSA) is 19.4 Å². The van der Waals surface area contributed by atoms with Crippen LogP contribution >= 0.6 is 0 Å². The normalized spacial score (nSPS) is 25.0. The molecule has 0 N–H and O–H groups in total. The monoisotopic (exact) mass is 231 g/mol. The van der Waals surface area contributed by atoms with Crippen LogP contribution in [-0.2, 0) is 6.42 Å². The molecule has 2 aliphatic heterocycles. The molecule has 2 saturated heterocycles. The zero-order valence-corrected chi connectivity index (χ0v) is 10.6. The van der Waals surface area contributed by atoms with Crippen LogP contribution in [0.3, 0.4) is 0 Å². The molecular formula is C14H21N3. The first kappa shape index (κ1) is 11.0. The lowest BCUT2D eigenvalue weighted by molar-refractivity contribution is 0.230. The molecule has 0 aromatic carbocycles. The van der Waals surface area contributed by atoms with E-state index in [2.05, 4.69) is 33.8 Å². The number of fused-ring (bicyclic) bond motifs is 1. The van der Waals surface area contributed by atoms with Crippen LogP contribution in [-0.4, -0.2) is 42.1 Å². The molecule has 1 unspecified atom stereocenters. The van der Waals surface area contributed by atoms with Crippen molar-refractivity contribution in [2.75, 3.05) is 31.1 Å². The predicted molar refractivity (Wildman–Crippen MR) is 70.4 cm³/mol. The molecule has 1 aromatic heterocycles. The van der Waals surface area contributed by atoms with Gasteiger partial charge in [0.15, 0.2) is 0 Å². The third-order valence-electron chi connectivity index (χ3n) is 4.13. The van der Waals surface area contributed by atoms with E-state index in [1.165, 1.54) is 38.0 Å². The summed E-state index contributed by atoms with van der Waals surface area (Å²) in [5, 5.41) is 0. The Kier molecular flexibility index (Phi) is 3.02. The van der Waals surface area contributed by atoms with Crippen LogP contribution in [0.1, 0.15) is 25.3 Å². The Labute approximate surface area is 103 Å². The van der Waals surface area contributed by atoms with Crippen LogP contribution in [0.4, 0.5) is 5.82 Å². The van der Waals surface area contributed by atoms with Crippen LogP contribution in [0.25, 0.3) is 0 Å². The van der Waals surface area contributed by atoms with Gasteiger partial charge in [-0.05, 0) is 37.4 Å². The number of pyridine rings is 1. The number of aryl methyl sites for hydroxylation is 1. The van der Waals surface area contributed by atoms with Crippen LogP contribution in [0.15, 0.2) is 18.3 Å². The van der Waals surface area contributed by atoms with Gasteiger partial charge in [0, 0.05) is 31.9 Å². The Balaban J connectivity index is 1.71. The Morgan fingerprint density at radius 2 is 2.24 bits per heavy atom. The molecule has 0 aliphatic carbocycles. The number of piperazine rings is 1. The summed E-state index contributed by atoms with van der Waals surface area (Å²) < 4.78 is 0. The SMILES string of the molecule is CCc1ccc(N2CCN3CCCC3C2)nc1. The fourth-order valence-corrected chi connectivity index (χ4v) is 3.01. The van der Waals surface area contributed by atoms with Gasteiger partial charge in [0.05, 0.1) is 0 Å². The second-order valence-electron chi connectivity index (χ2n) is 5.16. The maximum Gasteiger partial charge on any atom is 0.128 e. The van der Waals surface area contributed by atoms with Gasteiger partial charge in [-0.15, -0.1) is 0 Å². The number of hydrogen-bond donors (Lipinski definition) is 0. The van der Waals surface area contributed by atoms with E-state index in [9.17, 15) is 0 Å². The first-order chi connectivity index (χ1) is 8.36. The summed E-state index contributed by atoms with van der Waals surface area (Å²) in [6, 6.07) is 5.17. The summed E-state index contributed by atoms with van der Waals surface area (Å²) >= 11 is 0. The van der Waals surface area contributed by atoms with Crippen molar-refractivity contribution in [3.05, 3.63) is 23.9 Å². The zero-order valence-electron chi connectivity index (χ0n) is 10.6. The van der Waals surface area contributed by atoms with Crippen LogP contribution < -0.4 is 4.90 Å². The highest BCUT2D eigenvalue weighted by Gasteiger charge is 2.30. The molecular weight excluding hydrogens is 210 g/mol. The van der Waals surface area contributed by atoms with Gasteiger partial charge in [-0.25, -0.2) is 4.98 Å². The number of anilines is 1. The second-order valence-corrected chi connectivity index (χ2v) is 5.16. The lowest BCUT2D eigenvalue weighted by Crippen LogP contribution is -2.50. The minimum atomic E-state index is 0.774. The Morgan fingerprint density at radius 1 is 1.29 bits per heavy atom.